The third-order valence-corrected chi connectivity index (χ3v) is 2.29. The van der Waals surface area contributed by atoms with E-state index >= 15 is 0 Å². The largest absolute Gasteiger partial charge is 0.393 e. The van der Waals surface area contributed by atoms with E-state index in [9.17, 15) is 4.79 Å². The number of rotatable bonds is 4. The first-order valence-corrected chi connectivity index (χ1v) is 5.47. The van der Waals surface area contributed by atoms with Crippen molar-refractivity contribution in [2.24, 2.45) is 0 Å². The quantitative estimate of drug-likeness (QED) is 0.789. The number of aliphatic hydroxyl groups is 1. The summed E-state index contributed by atoms with van der Waals surface area (Å²) in [5.41, 5.74) is 0.460. The number of carbonyl (C=O) groups is 1. The van der Waals surface area contributed by atoms with Crippen LogP contribution in [0.25, 0.3) is 0 Å². The summed E-state index contributed by atoms with van der Waals surface area (Å²) in [5.74, 6) is -0.211. The zero-order chi connectivity index (χ0) is 12.1. The van der Waals surface area contributed by atoms with E-state index in [1.165, 1.54) is 6.20 Å². The predicted molar refractivity (Wildman–Crippen MR) is 62.5 cm³/mol. The Morgan fingerprint density at radius 3 is 2.75 bits per heavy atom. The molecule has 1 heterocycles. The molecule has 0 spiro atoms. The SMILES string of the molecule is CC(O)CC(C)NC(=O)c1ccc(Cl)nc1. The normalized spacial score (nSPS) is 14.2. The van der Waals surface area contributed by atoms with Crippen molar-refractivity contribution in [3.8, 4) is 0 Å². The maximum atomic E-state index is 11.7. The molecule has 0 radical (unpaired) electrons. The molecule has 0 aliphatic carbocycles. The third kappa shape index (κ3) is 4.16. The van der Waals surface area contributed by atoms with Crippen molar-refractivity contribution in [2.75, 3.05) is 0 Å². The lowest BCUT2D eigenvalue weighted by Gasteiger charge is -2.15. The first-order valence-electron chi connectivity index (χ1n) is 5.09. The minimum Gasteiger partial charge on any atom is -0.393 e. The standard InChI is InChI=1S/C11H15ClN2O2/c1-7(5-8(2)15)14-11(16)9-3-4-10(12)13-6-9/h3-4,6-8,15H,5H2,1-2H3,(H,14,16). The molecule has 0 bridgehead atoms. The van der Waals surface area contributed by atoms with Crippen LogP contribution in [-0.4, -0.2) is 28.1 Å². The molecule has 1 rings (SSSR count). The molecule has 0 saturated heterocycles. The Bertz CT molecular complexity index is 352. The van der Waals surface area contributed by atoms with E-state index < -0.39 is 6.10 Å². The summed E-state index contributed by atoms with van der Waals surface area (Å²) in [6, 6.07) is 3.10. The van der Waals surface area contributed by atoms with Gasteiger partial charge in [0.25, 0.3) is 5.91 Å². The number of amides is 1. The highest BCUT2D eigenvalue weighted by atomic mass is 35.5. The van der Waals surface area contributed by atoms with Crippen LogP contribution in [0.3, 0.4) is 0 Å². The fourth-order valence-electron chi connectivity index (χ4n) is 1.39. The maximum Gasteiger partial charge on any atom is 0.253 e. The minimum atomic E-state index is -0.432. The van der Waals surface area contributed by atoms with Gasteiger partial charge in [-0.15, -0.1) is 0 Å². The molecule has 2 N–H and O–H groups in total. The van der Waals surface area contributed by atoms with E-state index in [0.29, 0.717) is 17.1 Å². The monoisotopic (exact) mass is 242 g/mol. The summed E-state index contributed by atoms with van der Waals surface area (Å²) < 4.78 is 0. The van der Waals surface area contributed by atoms with Crippen molar-refractivity contribution in [3.63, 3.8) is 0 Å². The molecule has 0 fully saturated rings. The highest BCUT2D eigenvalue weighted by Crippen LogP contribution is 2.06. The van der Waals surface area contributed by atoms with Gasteiger partial charge in [-0.1, -0.05) is 11.6 Å². The average molecular weight is 243 g/mol. The Hall–Kier alpha value is -1.13. The van der Waals surface area contributed by atoms with Gasteiger partial charge in [-0.2, -0.15) is 0 Å². The maximum absolute atomic E-state index is 11.7. The summed E-state index contributed by atoms with van der Waals surface area (Å²) in [6.07, 6.45) is 1.51. The van der Waals surface area contributed by atoms with E-state index in [1.807, 2.05) is 6.92 Å². The summed E-state index contributed by atoms with van der Waals surface area (Å²) >= 11 is 5.62. The van der Waals surface area contributed by atoms with Crippen molar-refractivity contribution >= 4 is 17.5 Å². The van der Waals surface area contributed by atoms with Crippen molar-refractivity contribution in [1.29, 1.82) is 0 Å². The van der Waals surface area contributed by atoms with Gasteiger partial charge in [-0.3, -0.25) is 4.79 Å². The molecule has 1 amide bonds. The Labute approximate surface area is 99.6 Å². The topological polar surface area (TPSA) is 62.2 Å². The molecule has 1 aromatic rings. The molecule has 2 unspecified atom stereocenters. The van der Waals surface area contributed by atoms with Crippen LogP contribution in [0.2, 0.25) is 5.15 Å². The first-order chi connectivity index (χ1) is 7.49. The molecule has 0 aliphatic rings. The molecule has 88 valence electrons. The molecular formula is C11H15ClN2O2. The second kappa shape index (κ2) is 5.82. The number of nitrogens with zero attached hydrogens (tertiary/aromatic N) is 1. The molecule has 0 aromatic carbocycles. The molecule has 4 nitrogen and oxygen atoms in total. The van der Waals surface area contributed by atoms with Crippen molar-refractivity contribution in [2.45, 2.75) is 32.4 Å². The second-order valence-electron chi connectivity index (χ2n) is 3.83. The second-order valence-corrected chi connectivity index (χ2v) is 4.22. The van der Waals surface area contributed by atoms with Crippen LogP contribution in [0.15, 0.2) is 18.3 Å². The van der Waals surface area contributed by atoms with Crippen LogP contribution in [-0.2, 0) is 0 Å². The first kappa shape index (κ1) is 12.9. The highest BCUT2D eigenvalue weighted by molar-refractivity contribution is 6.29. The predicted octanol–water partition coefficient (Wildman–Crippen LogP) is 1.62. The Morgan fingerprint density at radius 1 is 1.56 bits per heavy atom. The van der Waals surface area contributed by atoms with Gasteiger partial charge in [-0.25, -0.2) is 4.98 Å². The van der Waals surface area contributed by atoms with Crippen molar-refractivity contribution < 1.29 is 9.90 Å². The average Bonchev–Trinajstić information content (AvgIpc) is 2.16. The number of aliphatic hydroxyl groups excluding tert-OH is 1. The molecule has 2 atom stereocenters. The minimum absolute atomic E-state index is 0.0804. The lowest BCUT2D eigenvalue weighted by molar-refractivity contribution is 0.0922. The molecule has 5 heteroatoms. The fraction of sp³-hybridized carbons (Fsp3) is 0.455. The van der Waals surface area contributed by atoms with E-state index in [0.717, 1.165) is 0 Å². The van der Waals surface area contributed by atoms with Gasteiger partial charge in [0.2, 0.25) is 0 Å². The smallest absolute Gasteiger partial charge is 0.253 e. The van der Waals surface area contributed by atoms with Crippen molar-refractivity contribution in [3.05, 3.63) is 29.0 Å². The highest BCUT2D eigenvalue weighted by Gasteiger charge is 2.11. The number of nitrogens with one attached hydrogen (secondary N) is 1. The van der Waals surface area contributed by atoms with E-state index in [1.54, 1.807) is 19.1 Å². The van der Waals surface area contributed by atoms with Crippen LogP contribution in [0.4, 0.5) is 0 Å². The van der Waals surface area contributed by atoms with Crippen LogP contribution in [0, 0.1) is 0 Å². The van der Waals surface area contributed by atoms with Crippen molar-refractivity contribution in [1.82, 2.24) is 10.3 Å². The van der Waals surface area contributed by atoms with Gasteiger partial charge in [0.05, 0.1) is 11.7 Å². The number of pyridine rings is 1. The van der Waals surface area contributed by atoms with Crippen LogP contribution in [0.5, 0.6) is 0 Å². The van der Waals surface area contributed by atoms with Gasteiger partial charge in [0, 0.05) is 12.2 Å². The number of aromatic nitrogens is 1. The summed E-state index contributed by atoms with van der Waals surface area (Å²) in [7, 11) is 0. The number of hydrogen-bond donors (Lipinski definition) is 2. The van der Waals surface area contributed by atoms with E-state index in [4.69, 9.17) is 16.7 Å². The Morgan fingerprint density at radius 2 is 2.25 bits per heavy atom. The molecule has 0 saturated carbocycles. The van der Waals surface area contributed by atoms with Gasteiger partial charge in [-0.05, 0) is 32.4 Å². The van der Waals surface area contributed by atoms with E-state index in [-0.39, 0.29) is 11.9 Å². The third-order valence-electron chi connectivity index (χ3n) is 2.06. The zero-order valence-electron chi connectivity index (χ0n) is 9.27. The Balaban J connectivity index is 2.55. The van der Waals surface area contributed by atoms with Crippen LogP contribution in [0.1, 0.15) is 30.6 Å². The zero-order valence-corrected chi connectivity index (χ0v) is 10.0. The van der Waals surface area contributed by atoms with Crippen LogP contribution < -0.4 is 5.32 Å². The molecule has 0 aliphatic heterocycles. The van der Waals surface area contributed by atoms with Crippen LogP contribution >= 0.6 is 11.6 Å². The molecule has 1 aromatic heterocycles. The number of carbonyl (C=O) groups excluding carboxylic acids is 1. The van der Waals surface area contributed by atoms with Gasteiger partial charge >= 0.3 is 0 Å². The molecule has 16 heavy (non-hydrogen) atoms. The van der Waals surface area contributed by atoms with Gasteiger partial charge in [0.15, 0.2) is 0 Å². The lowest BCUT2D eigenvalue weighted by Crippen LogP contribution is -2.34. The summed E-state index contributed by atoms with van der Waals surface area (Å²) in [4.78, 5) is 15.5. The summed E-state index contributed by atoms with van der Waals surface area (Å²) in [6.45, 7) is 3.53. The Kier molecular flexibility index (Phi) is 4.71. The van der Waals surface area contributed by atoms with Gasteiger partial charge in [0.1, 0.15) is 5.15 Å². The van der Waals surface area contributed by atoms with E-state index in [2.05, 4.69) is 10.3 Å². The number of hydrogen-bond acceptors (Lipinski definition) is 3. The summed E-state index contributed by atoms with van der Waals surface area (Å²) in [5, 5.41) is 12.3. The fourth-order valence-corrected chi connectivity index (χ4v) is 1.50. The lowest BCUT2D eigenvalue weighted by atomic mass is 10.1. The van der Waals surface area contributed by atoms with Gasteiger partial charge < -0.3 is 10.4 Å². The molecular weight excluding hydrogens is 228 g/mol. The number of halogens is 1.